The molecule has 2 aromatic rings. The van der Waals surface area contributed by atoms with E-state index >= 15 is 0 Å². The number of nitrogens with one attached hydrogen (secondary N) is 1. The molecule has 0 radical (unpaired) electrons. The quantitative estimate of drug-likeness (QED) is 0.833. The topological polar surface area (TPSA) is 49.4 Å². The third-order valence-corrected chi connectivity index (χ3v) is 5.65. The van der Waals surface area contributed by atoms with Crippen LogP contribution in [0.3, 0.4) is 0 Å². The van der Waals surface area contributed by atoms with E-state index in [-0.39, 0.29) is 17.7 Å². The van der Waals surface area contributed by atoms with Crippen LogP contribution in [-0.2, 0) is 22.6 Å². The zero-order valence-electron chi connectivity index (χ0n) is 14.5. The molecule has 1 N–H and O–H groups in total. The number of hydrogen-bond donors (Lipinski definition) is 1. The maximum Gasteiger partial charge on any atom is 0.247 e. The molecule has 2 amide bonds. The Bertz CT molecular complexity index is 830. The lowest BCUT2D eigenvalue weighted by Gasteiger charge is -2.36. The van der Waals surface area contributed by atoms with Crippen molar-refractivity contribution >= 4 is 27.7 Å². The van der Waals surface area contributed by atoms with Crippen LogP contribution in [0.1, 0.15) is 35.6 Å². The van der Waals surface area contributed by atoms with Crippen molar-refractivity contribution in [1.29, 1.82) is 0 Å². The molecule has 0 spiro atoms. The van der Waals surface area contributed by atoms with Crippen LogP contribution in [0.15, 0.2) is 53.0 Å². The molecule has 1 aliphatic heterocycles. The summed E-state index contributed by atoms with van der Waals surface area (Å²) in [5.41, 5.74) is 3.16. The molecule has 2 aliphatic rings. The van der Waals surface area contributed by atoms with Gasteiger partial charge in [0.25, 0.3) is 0 Å². The summed E-state index contributed by atoms with van der Waals surface area (Å²) in [5, 5.41) is 3.03. The number of hydrogen-bond acceptors (Lipinski definition) is 2. The summed E-state index contributed by atoms with van der Waals surface area (Å²) in [6.45, 7) is 1.07. The van der Waals surface area contributed by atoms with Gasteiger partial charge in [-0.3, -0.25) is 9.59 Å². The summed E-state index contributed by atoms with van der Waals surface area (Å²) < 4.78 is 1.01. The van der Waals surface area contributed by atoms with Crippen molar-refractivity contribution in [2.45, 2.75) is 31.8 Å². The minimum absolute atomic E-state index is 0.103. The number of carbonyl (C=O) groups is 2. The molecule has 2 aromatic carbocycles. The summed E-state index contributed by atoms with van der Waals surface area (Å²) >= 11 is 3.42. The summed E-state index contributed by atoms with van der Waals surface area (Å²) in [7, 11) is 0. The van der Waals surface area contributed by atoms with Crippen molar-refractivity contribution in [3.05, 3.63) is 69.7 Å². The van der Waals surface area contributed by atoms with Crippen LogP contribution in [0.5, 0.6) is 0 Å². The van der Waals surface area contributed by atoms with Crippen LogP contribution in [0.25, 0.3) is 0 Å². The number of amides is 2. The van der Waals surface area contributed by atoms with E-state index in [9.17, 15) is 9.59 Å². The van der Waals surface area contributed by atoms with E-state index in [1.54, 1.807) is 4.90 Å². The lowest BCUT2D eigenvalue weighted by molar-refractivity contribution is -0.142. The summed E-state index contributed by atoms with van der Waals surface area (Å²) in [6, 6.07) is 15.3. The molecule has 0 saturated heterocycles. The fourth-order valence-electron chi connectivity index (χ4n) is 3.54. The number of rotatable bonds is 4. The van der Waals surface area contributed by atoms with Crippen LogP contribution in [0.2, 0.25) is 0 Å². The molecule has 4 rings (SSSR count). The lowest BCUT2D eigenvalue weighted by Crippen LogP contribution is -2.47. The van der Waals surface area contributed by atoms with Crippen LogP contribution in [-0.4, -0.2) is 23.3 Å². The molecule has 1 aliphatic carbocycles. The van der Waals surface area contributed by atoms with Gasteiger partial charge >= 0.3 is 0 Å². The van der Waals surface area contributed by atoms with Crippen molar-refractivity contribution in [2.24, 2.45) is 5.92 Å². The van der Waals surface area contributed by atoms with Gasteiger partial charge in [-0.05, 0) is 48.1 Å². The second kappa shape index (κ2) is 7.23. The third kappa shape index (κ3) is 3.54. The van der Waals surface area contributed by atoms with Gasteiger partial charge in [0.2, 0.25) is 11.8 Å². The molecule has 1 fully saturated rings. The van der Waals surface area contributed by atoms with Gasteiger partial charge in [-0.1, -0.05) is 52.3 Å². The standard InChI is InChI=1S/C21H21BrN2O2/c22-17-9-5-14(6-10-17)13-23-20(25)19-18-4-2-1-3-15(18)11-12-24(19)21(26)16-7-8-16/h1-6,9-10,16,19H,7-8,11-13H2,(H,23,25). The maximum absolute atomic E-state index is 13.0. The van der Waals surface area contributed by atoms with Gasteiger partial charge in [0.15, 0.2) is 0 Å². The number of nitrogens with zero attached hydrogens (tertiary/aromatic N) is 1. The highest BCUT2D eigenvalue weighted by Crippen LogP contribution is 2.37. The fourth-order valence-corrected chi connectivity index (χ4v) is 3.80. The van der Waals surface area contributed by atoms with Gasteiger partial charge in [0, 0.05) is 23.5 Å². The first-order chi connectivity index (χ1) is 12.6. The second-order valence-corrected chi connectivity index (χ2v) is 7.92. The Morgan fingerprint density at radius 1 is 1.08 bits per heavy atom. The number of carbonyl (C=O) groups excluding carboxylic acids is 2. The van der Waals surface area contributed by atoms with Crippen molar-refractivity contribution in [3.63, 3.8) is 0 Å². The highest BCUT2D eigenvalue weighted by molar-refractivity contribution is 9.10. The van der Waals surface area contributed by atoms with Gasteiger partial charge in [0.05, 0.1) is 0 Å². The SMILES string of the molecule is O=C(NCc1ccc(Br)cc1)C1c2ccccc2CCN1C(=O)C1CC1. The van der Waals surface area contributed by atoms with Crippen LogP contribution in [0.4, 0.5) is 0 Å². The van der Waals surface area contributed by atoms with E-state index in [2.05, 4.69) is 27.3 Å². The Kier molecular flexibility index (Phi) is 4.81. The number of halogens is 1. The molecule has 5 heteroatoms. The molecule has 134 valence electrons. The molecule has 4 nitrogen and oxygen atoms in total. The predicted octanol–water partition coefficient (Wildman–Crippen LogP) is 3.60. The normalized spacial score (nSPS) is 19.0. The van der Waals surface area contributed by atoms with E-state index in [1.807, 2.05) is 42.5 Å². The molecular formula is C21H21BrN2O2. The summed E-state index contributed by atoms with van der Waals surface area (Å²) in [6.07, 6.45) is 2.71. The van der Waals surface area contributed by atoms with Gasteiger partial charge in [-0.2, -0.15) is 0 Å². The molecule has 1 saturated carbocycles. The average Bonchev–Trinajstić information content (AvgIpc) is 3.51. The van der Waals surface area contributed by atoms with Crippen LogP contribution in [0, 0.1) is 5.92 Å². The zero-order chi connectivity index (χ0) is 18.1. The third-order valence-electron chi connectivity index (χ3n) is 5.12. The van der Waals surface area contributed by atoms with Crippen molar-refractivity contribution in [2.75, 3.05) is 6.54 Å². The van der Waals surface area contributed by atoms with Crippen molar-refractivity contribution < 1.29 is 9.59 Å². The number of benzene rings is 2. The first-order valence-electron chi connectivity index (χ1n) is 9.04. The molecular weight excluding hydrogens is 392 g/mol. The highest BCUT2D eigenvalue weighted by Gasteiger charge is 2.41. The predicted molar refractivity (Wildman–Crippen MR) is 103 cm³/mol. The van der Waals surface area contributed by atoms with E-state index < -0.39 is 6.04 Å². The fraction of sp³-hybridized carbons (Fsp3) is 0.333. The molecule has 0 bridgehead atoms. The van der Waals surface area contributed by atoms with E-state index in [1.165, 1.54) is 0 Å². The molecule has 1 heterocycles. The van der Waals surface area contributed by atoms with Crippen molar-refractivity contribution in [3.8, 4) is 0 Å². The van der Waals surface area contributed by atoms with E-state index in [0.29, 0.717) is 13.1 Å². The Morgan fingerprint density at radius 2 is 1.81 bits per heavy atom. The Labute approximate surface area is 161 Å². The van der Waals surface area contributed by atoms with E-state index in [4.69, 9.17) is 0 Å². The molecule has 1 atom stereocenters. The minimum atomic E-state index is -0.525. The number of fused-ring (bicyclic) bond motifs is 1. The van der Waals surface area contributed by atoms with Crippen LogP contribution >= 0.6 is 15.9 Å². The zero-order valence-corrected chi connectivity index (χ0v) is 16.0. The lowest BCUT2D eigenvalue weighted by atomic mass is 9.91. The van der Waals surface area contributed by atoms with Crippen LogP contribution < -0.4 is 5.32 Å². The molecule has 0 aromatic heterocycles. The molecule has 26 heavy (non-hydrogen) atoms. The van der Waals surface area contributed by atoms with Gasteiger partial charge in [-0.25, -0.2) is 0 Å². The smallest absolute Gasteiger partial charge is 0.247 e. The second-order valence-electron chi connectivity index (χ2n) is 7.00. The minimum Gasteiger partial charge on any atom is -0.350 e. The average molecular weight is 413 g/mol. The Hall–Kier alpha value is -2.14. The summed E-state index contributed by atoms with van der Waals surface area (Å²) in [5.74, 6) is 0.138. The first-order valence-corrected chi connectivity index (χ1v) is 9.83. The highest BCUT2D eigenvalue weighted by atomic mass is 79.9. The van der Waals surface area contributed by atoms with Crippen molar-refractivity contribution in [1.82, 2.24) is 10.2 Å². The van der Waals surface area contributed by atoms with Gasteiger partial charge < -0.3 is 10.2 Å². The first kappa shape index (κ1) is 17.3. The maximum atomic E-state index is 13.0. The summed E-state index contributed by atoms with van der Waals surface area (Å²) in [4.78, 5) is 27.6. The van der Waals surface area contributed by atoms with Gasteiger partial charge in [-0.15, -0.1) is 0 Å². The van der Waals surface area contributed by atoms with E-state index in [0.717, 1.165) is 40.4 Å². The largest absolute Gasteiger partial charge is 0.350 e. The monoisotopic (exact) mass is 412 g/mol. The Balaban J connectivity index is 1.55. The molecule has 1 unspecified atom stereocenters. The van der Waals surface area contributed by atoms with Gasteiger partial charge in [0.1, 0.15) is 6.04 Å². The Morgan fingerprint density at radius 3 is 2.54 bits per heavy atom.